The molecule has 0 aliphatic carbocycles. The molecule has 1 atom stereocenters. The van der Waals surface area contributed by atoms with Crippen molar-refractivity contribution in [1.82, 2.24) is 9.88 Å². The van der Waals surface area contributed by atoms with E-state index < -0.39 is 0 Å². The lowest BCUT2D eigenvalue weighted by Gasteiger charge is -2.29. The van der Waals surface area contributed by atoms with Crippen LogP contribution in [0.15, 0.2) is 42.0 Å². The molecule has 3 aromatic heterocycles. The Bertz CT molecular complexity index is 913. The molecule has 0 spiro atoms. The van der Waals surface area contributed by atoms with E-state index in [2.05, 4.69) is 41.2 Å². The zero-order valence-corrected chi connectivity index (χ0v) is 17.2. The van der Waals surface area contributed by atoms with E-state index in [0.717, 1.165) is 23.0 Å². The molecule has 1 amide bonds. The first-order valence-corrected chi connectivity index (χ1v) is 10.9. The second-order valence-corrected chi connectivity index (χ2v) is 9.06. The third kappa shape index (κ3) is 3.70. The molecule has 27 heavy (non-hydrogen) atoms. The van der Waals surface area contributed by atoms with Crippen molar-refractivity contribution in [1.29, 1.82) is 0 Å². The summed E-state index contributed by atoms with van der Waals surface area (Å²) in [4.78, 5) is 21.4. The maximum atomic E-state index is 12.7. The Morgan fingerprint density at radius 3 is 2.59 bits per heavy atom. The summed E-state index contributed by atoms with van der Waals surface area (Å²) in [5.41, 5.74) is 3.74. The number of carbonyl (C=O) groups is 1. The van der Waals surface area contributed by atoms with E-state index in [1.165, 1.54) is 45.7 Å². The van der Waals surface area contributed by atoms with Gasteiger partial charge in [-0.15, -0.1) is 22.7 Å². The Labute approximate surface area is 167 Å². The molecular weight excluding hydrogens is 374 g/mol. The first-order chi connectivity index (χ1) is 13.1. The fourth-order valence-electron chi connectivity index (χ4n) is 3.74. The van der Waals surface area contributed by atoms with E-state index in [1.807, 2.05) is 29.9 Å². The molecule has 0 aromatic carbocycles. The van der Waals surface area contributed by atoms with Crippen LogP contribution in [0.25, 0.3) is 0 Å². The van der Waals surface area contributed by atoms with Gasteiger partial charge in [-0.3, -0.25) is 14.7 Å². The second kappa shape index (κ2) is 7.92. The molecular formula is C21H23N3OS2. The maximum Gasteiger partial charge on any atom is 0.266 e. The van der Waals surface area contributed by atoms with E-state index in [9.17, 15) is 4.79 Å². The molecule has 3 aromatic rings. The predicted octanol–water partition coefficient (Wildman–Crippen LogP) is 5.26. The average molecular weight is 398 g/mol. The van der Waals surface area contributed by atoms with E-state index >= 15 is 0 Å². The van der Waals surface area contributed by atoms with Crippen LogP contribution in [0.4, 0.5) is 5.00 Å². The molecule has 140 valence electrons. The lowest BCUT2D eigenvalue weighted by atomic mass is 9.96. The summed E-state index contributed by atoms with van der Waals surface area (Å²) in [6.07, 6.45) is 6.16. The van der Waals surface area contributed by atoms with Gasteiger partial charge in [-0.25, -0.2) is 0 Å². The van der Waals surface area contributed by atoms with Crippen molar-refractivity contribution in [2.45, 2.75) is 32.7 Å². The molecule has 1 aliphatic rings. The minimum Gasteiger partial charge on any atom is -0.313 e. The predicted molar refractivity (Wildman–Crippen MR) is 113 cm³/mol. The molecule has 4 rings (SSSR count). The van der Waals surface area contributed by atoms with Crippen molar-refractivity contribution in [2.75, 3.05) is 18.4 Å². The van der Waals surface area contributed by atoms with Crippen molar-refractivity contribution in [2.24, 2.45) is 0 Å². The number of hydrogen-bond acceptors (Lipinski definition) is 5. The van der Waals surface area contributed by atoms with Gasteiger partial charge in [0.05, 0.1) is 10.9 Å². The summed E-state index contributed by atoms with van der Waals surface area (Å²) in [6.45, 7) is 6.48. The first-order valence-electron chi connectivity index (χ1n) is 9.24. The number of nitrogens with zero attached hydrogens (tertiary/aromatic N) is 2. The lowest BCUT2D eigenvalue weighted by Crippen LogP contribution is -2.27. The normalized spacial score (nSPS) is 15.8. The molecule has 4 heterocycles. The molecule has 0 radical (unpaired) electrons. The molecule has 1 saturated heterocycles. The SMILES string of the molecule is Cc1sc(NC(=O)c2cccs2)c([C@H](c2ccncc2)N2CCCC2)c1C. The molecule has 1 N–H and O–H groups in total. The minimum absolute atomic E-state index is 0.0256. The smallest absolute Gasteiger partial charge is 0.266 e. The molecule has 1 fully saturated rings. The number of hydrogen-bond donors (Lipinski definition) is 1. The van der Waals surface area contributed by atoms with Crippen LogP contribution in [0.3, 0.4) is 0 Å². The van der Waals surface area contributed by atoms with Crippen molar-refractivity contribution >= 4 is 33.6 Å². The number of carbonyl (C=O) groups excluding carboxylic acids is 1. The largest absolute Gasteiger partial charge is 0.313 e. The van der Waals surface area contributed by atoms with Crippen LogP contribution < -0.4 is 5.32 Å². The number of thiophene rings is 2. The minimum atomic E-state index is -0.0256. The molecule has 0 bridgehead atoms. The number of nitrogens with one attached hydrogen (secondary N) is 1. The molecule has 0 saturated carbocycles. The highest BCUT2D eigenvalue weighted by atomic mass is 32.1. The van der Waals surface area contributed by atoms with Gasteiger partial charge in [0.1, 0.15) is 5.00 Å². The Morgan fingerprint density at radius 1 is 1.19 bits per heavy atom. The molecule has 1 aliphatic heterocycles. The Hall–Kier alpha value is -2.02. The van der Waals surface area contributed by atoms with Crippen LogP contribution >= 0.6 is 22.7 Å². The van der Waals surface area contributed by atoms with E-state index in [-0.39, 0.29) is 11.9 Å². The highest BCUT2D eigenvalue weighted by molar-refractivity contribution is 7.17. The van der Waals surface area contributed by atoms with E-state index in [0.29, 0.717) is 0 Å². The highest BCUT2D eigenvalue weighted by Crippen LogP contribution is 2.43. The van der Waals surface area contributed by atoms with Crippen molar-refractivity contribution < 1.29 is 4.79 Å². The van der Waals surface area contributed by atoms with Crippen molar-refractivity contribution in [3.8, 4) is 0 Å². The van der Waals surface area contributed by atoms with Gasteiger partial charge in [0.2, 0.25) is 0 Å². The van der Waals surface area contributed by atoms with E-state index in [4.69, 9.17) is 0 Å². The summed E-state index contributed by atoms with van der Waals surface area (Å²) in [5.74, 6) is -0.0256. The summed E-state index contributed by atoms with van der Waals surface area (Å²) in [7, 11) is 0. The van der Waals surface area contributed by atoms with Crippen LogP contribution in [-0.2, 0) is 0 Å². The van der Waals surface area contributed by atoms with Crippen LogP contribution in [0.1, 0.15) is 50.1 Å². The third-order valence-corrected chi connectivity index (χ3v) is 7.21. The van der Waals surface area contributed by atoms with Gasteiger partial charge in [0, 0.05) is 22.8 Å². The summed E-state index contributed by atoms with van der Waals surface area (Å²) < 4.78 is 0. The molecule has 4 nitrogen and oxygen atoms in total. The monoisotopic (exact) mass is 397 g/mol. The number of anilines is 1. The van der Waals surface area contributed by atoms with Gasteiger partial charge in [0.25, 0.3) is 5.91 Å². The standard InChI is InChI=1S/C21H23N3OS2/c1-14-15(2)27-21(23-20(25)17-6-5-13-26-17)18(14)19(24-11-3-4-12-24)16-7-9-22-10-8-16/h5-10,13,19H,3-4,11-12H2,1-2H3,(H,23,25)/t19-/m0/s1. The van der Waals surface area contributed by atoms with Gasteiger partial charge in [-0.2, -0.15) is 0 Å². The second-order valence-electron chi connectivity index (χ2n) is 6.88. The number of amides is 1. The quantitative estimate of drug-likeness (QED) is 0.639. The highest BCUT2D eigenvalue weighted by Gasteiger charge is 2.31. The van der Waals surface area contributed by atoms with Gasteiger partial charge >= 0.3 is 0 Å². The zero-order chi connectivity index (χ0) is 18.8. The zero-order valence-electron chi connectivity index (χ0n) is 15.6. The Balaban J connectivity index is 1.76. The summed E-state index contributed by atoms with van der Waals surface area (Å²) in [6, 6.07) is 8.13. The Kier molecular flexibility index (Phi) is 5.38. The number of aromatic nitrogens is 1. The molecule has 6 heteroatoms. The van der Waals surface area contributed by atoms with Gasteiger partial charge < -0.3 is 5.32 Å². The molecule has 0 unspecified atom stereocenters. The van der Waals surface area contributed by atoms with Crippen LogP contribution in [0.5, 0.6) is 0 Å². The average Bonchev–Trinajstić information content (AvgIpc) is 3.42. The third-order valence-electron chi connectivity index (χ3n) is 5.20. The lowest BCUT2D eigenvalue weighted by molar-refractivity contribution is 0.103. The number of aryl methyl sites for hydroxylation is 1. The summed E-state index contributed by atoms with van der Waals surface area (Å²) in [5, 5.41) is 6.10. The van der Waals surface area contributed by atoms with Crippen LogP contribution in [0, 0.1) is 13.8 Å². The summed E-state index contributed by atoms with van der Waals surface area (Å²) >= 11 is 3.15. The van der Waals surface area contributed by atoms with Crippen LogP contribution in [0.2, 0.25) is 0 Å². The van der Waals surface area contributed by atoms with Crippen LogP contribution in [-0.4, -0.2) is 28.9 Å². The fraction of sp³-hybridized carbons (Fsp3) is 0.333. The topological polar surface area (TPSA) is 45.2 Å². The Morgan fingerprint density at radius 2 is 1.93 bits per heavy atom. The van der Waals surface area contributed by atoms with Gasteiger partial charge in [-0.05, 0) is 74.5 Å². The number of likely N-dealkylation sites (tertiary alicyclic amines) is 1. The van der Waals surface area contributed by atoms with E-state index in [1.54, 1.807) is 11.3 Å². The van der Waals surface area contributed by atoms with Crippen molar-refractivity contribution in [3.05, 3.63) is 68.5 Å². The number of pyridine rings is 1. The van der Waals surface area contributed by atoms with Crippen molar-refractivity contribution in [3.63, 3.8) is 0 Å². The van der Waals surface area contributed by atoms with Gasteiger partial charge in [0.15, 0.2) is 0 Å². The maximum absolute atomic E-state index is 12.7. The number of rotatable bonds is 5. The first kappa shape index (κ1) is 18.3. The fourth-order valence-corrected chi connectivity index (χ4v) is 5.45. The van der Waals surface area contributed by atoms with Gasteiger partial charge in [-0.1, -0.05) is 6.07 Å².